The molecule has 0 amide bonds. The van der Waals surface area contributed by atoms with Gasteiger partial charge in [0.2, 0.25) is 0 Å². The van der Waals surface area contributed by atoms with E-state index in [1.54, 1.807) is 0 Å². The number of hydrogen-bond acceptors (Lipinski definition) is 1. The van der Waals surface area contributed by atoms with E-state index in [0.29, 0.717) is 6.04 Å². The van der Waals surface area contributed by atoms with Gasteiger partial charge in [0.05, 0.1) is 0 Å². The summed E-state index contributed by atoms with van der Waals surface area (Å²) in [4.78, 5) is 0. The van der Waals surface area contributed by atoms with Crippen LogP contribution in [0.5, 0.6) is 0 Å². The Bertz CT molecular complexity index is 199. The summed E-state index contributed by atoms with van der Waals surface area (Å²) in [5.74, 6) is 3.75. The molecule has 2 rings (SSSR count). The highest BCUT2D eigenvalue weighted by molar-refractivity contribution is 4.83. The molecule has 94 valence electrons. The molecule has 0 heterocycles. The second-order valence-corrected chi connectivity index (χ2v) is 6.60. The van der Waals surface area contributed by atoms with E-state index in [1.807, 2.05) is 0 Å². The van der Waals surface area contributed by atoms with Crippen LogP contribution in [0.15, 0.2) is 0 Å². The number of nitrogens with two attached hydrogens (primary N) is 1. The van der Waals surface area contributed by atoms with Crippen molar-refractivity contribution in [3.05, 3.63) is 0 Å². The molecule has 1 heteroatoms. The Balaban J connectivity index is 1.66. The SMILES string of the molecule is CC(C)C1CCC(C(N)CCC2CC2)CC1. The highest BCUT2D eigenvalue weighted by Crippen LogP contribution is 2.38. The van der Waals surface area contributed by atoms with Crippen LogP contribution in [0, 0.1) is 23.7 Å². The second-order valence-electron chi connectivity index (χ2n) is 6.60. The summed E-state index contributed by atoms with van der Waals surface area (Å²) in [6.07, 6.45) is 11.3. The summed E-state index contributed by atoms with van der Waals surface area (Å²) >= 11 is 0. The van der Waals surface area contributed by atoms with Gasteiger partial charge in [0.1, 0.15) is 0 Å². The van der Waals surface area contributed by atoms with Gasteiger partial charge in [0.15, 0.2) is 0 Å². The fourth-order valence-electron chi connectivity index (χ4n) is 3.31. The third-order valence-electron chi connectivity index (χ3n) is 4.97. The van der Waals surface area contributed by atoms with Crippen molar-refractivity contribution in [2.75, 3.05) is 0 Å². The summed E-state index contributed by atoms with van der Waals surface area (Å²) in [6.45, 7) is 4.75. The maximum Gasteiger partial charge on any atom is 0.00672 e. The quantitative estimate of drug-likeness (QED) is 0.750. The monoisotopic (exact) mass is 223 g/mol. The van der Waals surface area contributed by atoms with Crippen LogP contribution in [-0.2, 0) is 0 Å². The molecular formula is C15H29N. The van der Waals surface area contributed by atoms with Gasteiger partial charge >= 0.3 is 0 Å². The van der Waals surface area contributed by atoms with Crippen LogP contribution in [0.1, 0.15) is 65.2 Å². The first kappa shape index (κ1) is 12.4. The van der Waals surface area contributed by atoms with Crippen LogP contribution in [0.3, 0.4) is 0 Å². The fourth-order valence-corrected chi connectivity index (χ4v) is 3.31. The van der Waals surface area contributed by atoms with E-state index < -0.39 is 0 Å². The summed E-state index contributed by atoms with van der Waals surface area (Å²) < 4.78 is 0. The van der Waals surface area contributed by atoms with Crippen molar-refractivity contribution in [1.29, 1.82) is 0 Å². The fraction of sp³-hybridized carbons (Fsp3) is 1.00. The van der Waals surface area contributed by atoms with Crippen molar-refractivity contribution >= 4 is 0 Å². The molecule has 2 saturated carbocycles. The molecule has 2 fully saturated rings. The van der Waals surface area contributed by atoms with Gasteiger partial charge in [-0.25, -0.2) is 0 Å². The molecule has 1 atom stereocenters. The Hall–Kier alpha value is -0.0400. The summed E-state index contributed by atoms with van der Waals surface area (Å²) in [6, 6.07) is 0.508. The molecule has 16 heavy (non-hydrogen) atoms. The molecule has 0 bridgehead atoms. The molecule has 2 aliphatic rings. The minimum absolute atomic E-state index is 0.508. The molecule has 1 nitrogen and oxygen atoms in total. The molecule has 2 N–H and O–H groups in total. The van der Waals surface area contributed by atoms with Gasteiger partial charge in [0.25, 0.3) is 0 Å². The van der Waals surface area contributed by atoms with Crippen LogP contribution in [0.2, 0.25) is 0 Å². The molecule has 0 aromatic heterocycles. The highest BCUT2D eigenvalue weighted by Gasteiger charge is 2.28. The van der Waals surface area contributed by atoms with E-state index in [1.165, 1.54) is 51.4 Å². The van der Waals surface area contributed by atoms with Crippen molar-refractivity contribution in [2.24, 2.45) is 29.4 Å². The molecule has 1 unspecified atom stereocenters. The van der Waals surface area contributed by atoms with E-state index in [9.17, 15) is 0 Å². The lowest BCUT2D eigenvalue weighted by atomic mass is 9.74. The number of hydrogen-bond donors (Lipinski definition) is 1. The first-order chi connectivity index (χ1) is 7.66. The van der Waals surface area contributed by atoms with Crippen LogP contribution >= 0.6 is 0 Å². The second kappa shape index (κ2) is 5.53. The van der Waals surface area contributed by atoms with Crippen molar-refractivity contribution in [2.45, 2.75) is 71.3 Å². The summed E-state index contributed by atoms with van der Waals surface area (Å²) in [7, 11) is 0. The summed E-state index contributed by atoms with van der Waals surface area (Å²) in [5.41, 5.74) is 6.35. The first-order valence-electron chi connectivity index (χ1n) is 7.42. The van der Waals surface area contributed by atoms with Crippen molar-refractivity contribution < 1.29 is 0 Å². The van der Waals surface area contributed by atoms with Crippen LogP contribution in [0.4, 0.5) is 0 Å². The smallest absolute Gasteiger partial charge is 0.00672 e. The topological polar surface area (TPSA) is 26.0 Å². The van der Waals surface area contributed by atoms with Crippen molar-refractivity contribution in [3.63, 3.8) is 0 Å². The zero-order valence-electron chi connectivity index (χ0n) is 11.1. The predicted molar refractivity (Wildman–Crippen MR) is 70.2 cm³/mol. The van der Waals surface area contributed by atoms with Gasteiger partial charge in [-0.15, -0.1) is 0 Å². The molecule has 0 saturated heterocycles. The van der Waals surface area contributed by atoms with Crippen LogP contribution in [-0.4, -0.2) is 6.04 Å². The van der Waals surface area contributed by atoms with E-state index in [-0.39, 0.29) is 0 Å². The van der Waals surface area contributed by atoms with Crippen LogP contribution in [0.25, 0.3) is 0 Å². The Morgan fingerprint density at radius 2 is 1.50 bits per heavy atom. The Kier molecular flexibility index (Phi) is 4.29. The number of rotatable bonds is 5. The van der Waals surface area contributed by atoms with Crippen LogP contribution < -0.4 is 5.73 Å². The zero-order valence-corrected chi connectivity index (χ0v) is 11.1. The third-order valence-corrected chi connectivity index (χ3v) is 4.97. The molecule has 0 aliphatic heterocycles. The Labute approximate surface area is 101 Å². The molecule has 0 spiro atoms. The van der Waals surface area contributed by atoms with E-state index in [0.717, 1.165) is 23.7 Å². The van der Waals surface area contributed by atoms with Gasteiger partial charge in [-0.05, 0) is 62.2 Å². The highest BCUT2D eigenvalue weighted by atomic mass is 14.7. The van der Waals surface area contributed by atoms with E-state index in [4.69, 9.17) is 5.73 Å². The maximum atomic E-state index is 6.35. The van der Waals surface area contributed by atoms with Gasteiger partial charge in [0, 0.05) is 6.04 Å². The zero-order chi connectivity index (χ0) is 11.5. The van der Waals surface area contributed by atoms with E-state index >= 15 is 0 Å². The lowest BCUT2D eigenvalue weighted by Crippen LogP contribution is -2.33. The minimum Gasteiger partial charge on any atom is -0.327 e. The lowest BCUT2D eigenvalue weighted by molar-refractivity contribution is 0.198. The molecule has 0 aromatic rings. The van der Waals surface area contributed by atoms with Crippen molar-refractivity contribution in [1.82, 2.24) is 0 Å². The lowest BCUT2D eigenvalue weighted by Gasteiger charge is -2.34. The van der Waals surface area contributed by atoms with Gasteiger partial charge < -0.3 is 5.73 Å². The molecular weight excluding hydrogens is 194 g/mol. The molecule has 0 radical (unpaired) electrons. The van der Waals surface area contributed by atoms with Crippen molar-refractivity contribution in [3.8, 4) is 0 Å². The summed E-state index contributed by atoms with van der Waals surface area (Å²) in [5, 5.41) is 0. The molecule has 0 aromatic carbocycles. The maximum absolute atomic E-state index is 6.35. The normalized spacial score (nSPS) is 33.0. The predicted octanol–water partition coefficient (Wildman–Crippen LogP) is 3.97. The average Bonchev–Trinajstić information content (AvgIpc) is 3.10. The third kappa shape index (κ3) is 3.48. The molecule has 2 aliphatic carbocycles. The standard InChI is InChI=1S/C15H29N/c1-11(2)13-6-8-14(9-7-13)15(16)10-5-12-3-4-12/h11-15H,3-10,16H2,1-2H3. The Morgan fingerprint density at radius 3 is 2.00 bits per heavy atom. The van der Waals surface area contributed by atoms with Gasteiger partial charge in [-0.1, -0.05) is 26.7 Å². The largest absolute Gasteiger partial charge is 0.327 e. The van der Waals surface area contributed by atoms with Gasteiger partial charge in [-0.3, -0.25) is 0 Å². The van der Waals surface area contributed by atoms with Gasteiger partial charge in [-0.2, -0.15) is 0 Å². The minimum atomic E-state index is 0.508. The Morgan fingerprint density at radius 1 is 0.938 bits per heavy atom. The first-order valence-corrected chi connectivity index (χ1v) is 7.42. The average molecular weight is 223 g/mol. The van der Waals surface area contributed by atoms with E-state index in [2.05, 4.69) is 13.8 Å².